The Morgan fingerprint density at radius 1 is 1.67 bits per heavy atom. The molecule has 1 amide bonds. The molecule has 1 aromatic heterocycles. The number of hydrogen-bond donors (Lipinski definition) is 2. The van der Waals surface area contributed by atoms with Crippen LogP contribution < -0.4 is 5.32 Å². The molecule has 0 aromatic carbocycles. The van der Waals surface area contributed by atoms with Crippen molar-refractivity contribution in [3.05, 3.63) is 21.4 Å². The van der Waals surface area contributed by atoms with E-state index in [9.17, 15) is 9.59 Å². The molecular formula is C10H13NO3S. The van der Waals surface area contributed by atoms with Gasteiger partial charge in [-0.05, 0) is 25.5 Å². The summed E-state index contributed by atoms with van der Waals surface area (Å²) in [5, 5.41) is 11.2. The molecule has 0 aliphatic heterocycles. The fourth-order valence-corrected chi connectivity index (χ4v) is 2.50. The van der Waals surface area contributed by atoms with Crippen molar-refractivity contribution in [2.75, 3.05) is 0 Å². The number of thiophene rings is 1. The van der Waals surface area contributed by atoms with Gasteiger partial charge < -0.3 is 10.4 Å². The Morgan fingerprint density at radius 2 is 2.33 bits per heavy atom. The van der Waals surface area contributed by atoms with Gasteiger partial charge in [0, 0.05) is 9.75 Å². The second-order valence-electron chi connectivity index (χ2n) is 3.30. The highest BCUT2D eigenvalue weighted by Gasteiger charge is 2.18. The van der Waals surface area contributed by atoms with Crippen LogP contribution in [0.4, 0.5) is 0 Å². The summed E-state index contributed by atoms with van der Waals surface area (Å²) in [4.78, 5) is 23.2. The largest absolute Gasteiger partial charge is 0.481 e. The molecule has 1 unspecified atom stereocenters. The number of nitrogens with one attached hydrogen (secondary N) is 1. The predicted molar refractivity (Wildman–Crippen MR) is 58.0 cm³/mol. The minimum atomic E-state index is -0.919. The second-order valence-corrected chi connectivity index (χ2v) is 4.76. The number of carboxylic acids is 1. The molecule has 0 bridgehead atoms. The van der Waals surface area contributed by atoms with Gasteiger partial charge in [0.15, 0.2) is 0 Å². The van der Waals surface area contributed by atoms with E-state index >= 15 is 0 Å². The van der Waals surface area contributed by atoms with Crippen LogP contribution in [0.5, 0.6) is 0 Å². The van der Waals surface area contributed by atoms with E-state index in [0.29, 0.717) is 6.41 Å². The lowest BCUT2D eigenvalue weighted by Gasteiger charge is -2.13. The van der Waals surface area contributed by atoms with Crippen molar-refractivity contribution in [3.8, 4) is 0 Å². The molecule has 15 heavy (non-hydrogen) atoms. The highest BCUT2D eigenvalue weighted by Crippen LogP contribution is 2.27. The van der Waals surface area contributed by atoms with E-state index in [-0.39, 0.29) is 6.42 Å². The molecule has 5 heteroatoms. The maximum atomic E-state index is 10.6. The van der Waals surface area contributed by atoms with Crippen molar-refractivity contribution in [3.63, 3.8) is 0 Å². The van der Waals surface area contributed by atoms with Gasteiger partial charge in [0.05, 0.1) is 12.5 Å². The Balaban J connectivity index is 2.92. The molecule has 82 valence electrons. The van der Waals surface area contributed by atoms with Gasteiger partial charge in [0.2, 0.25) is 6.41 Å². The lowest BCUT2D eigenvalue weighted by atomic mass is 10.0. The molecule has 0 radical (unpaired) electrons. The average Bonchev–Trinajstić information content (AvgIpc) is 2.44. The summed E-state index contributed by atoms with van der Waals surface area (Å²) in [5.74, 6) is -0.919. The van der Waals surface area contributed by atoms with Gasteiger partial charge in [-0.2, -0.15) is 0 Å². The molecule has 0 fully saturated rings. The van der Waals surface area contributed by atoms with E-state index in [2.05, 4.69) is 5.32 Å². The maximum absolute atomic E-state index is 10.6. The SMILES string of the molecule is Cc1cc(C(CC(=O)O)NC=O)c(C)s1. The first-order chi connectivity index (χ1) is 7.04. The van der Waals surface area contributed by atoms with Gasteiger partial charge in [-0.3, -0.25) is 9.59 Å². The number of hydrogen-bond acceptors (Lipinski definition) is 3. The van der Waals surface area contributed by atoms with Gasteiger partial charge in [0.1, 0.15) is 0 Å². The first kappa shape index (κ1) is 11.7. The summed E-state index contributed by atoms with van der Waals surface area (Å²) in [5.41, 5.74) is 0.895. The predicted octanol–water partition coefficient (Wildman–Crippen LogP) is 1.63. The van der Waals surface area contributed by atoms with Crippen LogP contribution in [0.25, 0.3) is 0 Å². The molecule has 0 saturated heterocycles. The molecular weight excluding hydrogens is 214 g/mol. The average molecular weight is 227 g/mol. The van der Waals surface area contributed by atoms with Gasteiger partial charge in [-0.1, -0.05) is 0 Å². The number of carbonyl (C=O) groups excluding carboxylic acids is 1. The third-order valence-corrected chi connectivity index (χ3v) is 3.08. The number of rotatable bonds is 5. The van der Waals surface area contributed by atoms with Crippen LogP contribution in [-0.4, -0.2) is 17.5 Å². The third kappa shape index (κ3) is 3.06. The standard InChI is InChI=1S/C10H13NO3S/c1-6-3-8(7(2)15-6)9(11-5-12)4-10(13)14/h3,5,9H,4H2,1-2H3,(H,11,12)(H,13,14). The van der Waals surface area contributed by atoms with Crippen molar-refractivity contribution in [1.29, 1.82) is 0 Å². The number of aliphatic carboxylic acids is 1. The van der Waals surface area contributed by atoms with Crippen molar-refractivity contribution < 1.29 is 14.7 Å². The molecule has 2 N–H and O–H groups in total. The quantitative estimate of drug-likeness (QED) is 0.751. The van der Waals surface area contributed by atoms with E-state index in [1.807, 2.05) is 19.9 Å². The summed E-state index contributed by atoms with van der Waals surface area (Å²) >= 11 is 1.60. The summed E-state index contributed by atoms with van der Waals surface area (Å²) in [7, 11) is 0. The van der Waals surface area contributed by atoms with Gasteiger partial charge >= 0.3 is 5.97 Å². The molecule has 1 heterocycles. The zero-order valence-electron chi connectivity index (χ0n) is 8.61. The number of carboxylic acid groups (broad SMARTS) is 1. The molecule has 4 nitrogen and oxygen atoms in total. The minimum Gasteiger partial charge on any atom is -0.481 e. The summed E-state index contributed by atoms with van der Waals surface area (Å²) in [6.07, 6.45) is 0.454. The van der Waals surface area contributed by atoms with Crippen LogP contribution in [0.3, 0.4) is 0 Å². The smallest absolute Gasteiger partial charge is 0.305 e. The summed E-state index contributed by atoms with van der Waals surface area (Å²) < 4.78 is 0. The van der Waals surface area contributed by atoms with Crippen LogP contribution in [0.1, 0.15) is 27.8 Å². The van der Waals surface area contributed by atoms with Crippen LogP contribution in [0, 0.1) is 13.8 Å². The highest BCUT2D eigenvalue weighted by atomic mass is 32.1. The van der Waals surface area contributed by atoms with Crippen LogP contribution in [-0.2, 0) is 9.59 Å². The van der Waals surface area contributed by atoms with Gasteiger partial charge in [0.25, 0.3) is 0 Å². The van der Waals surface area contributed by atoms with Crippen molar-refractivity contribution in [2.45, 2.75) is 26.3 Å². The maximum Gasteiger partial charge on any atom is 0.305 e. The summed E-state index contributed by atoms with van der Waals surface area (Å²) in [6, 6.07) is 1.49. The zero-order valence-corrected chi connectivity index (χ0v) is 9.43. The first-order valence-corrected chi connectivity index (χ1v) is 5.34. The highest BCUT2D eigenvalue weighted by molar-refractivity contribution is 7.12. The monoisotopic (exact) mass is 227 g/mol. The third-order valence-electron chi connectivity index (χ3n) is 2.10. The fraction of sp³-hybridized carbons (Fsp3) is 0.400. The van der Waals surface area contributed by atoms with Crippen LogP contribution in [0.2, 0.25) is 0 Å². The van der Waals surface area contributed by atoms with E-state index in [0.717, 1.165) is 15.3 Å². The molecule has 0 aliphatic carbocycles. The van der Waals surface area contributed by atoms with E-state index in [1.165, 1.54) is 0 Å². The number of amides is 1. The fourth-order valence-electron chi connectivity index (χ4n) is 1.51. The Hall–Kier alpha value is -1.36. The van der Waals surface area contributed by atoms with E-state index in [4.69, 9.17) is 5.11 Å². The Kier molecular flexibility index (Phi) is 3.85. The van der Waals surface area contributed by atoms with Crippen molar-refractivity contribution in [1.82, 2.24) is 5.32 Å². The number of aryl methyl sites for hydroxylation is 2. The lowest BCUT2D eigenvalue weighted by Crippen LogP contribution is -2.22. The molecule has 0 aliphatic rings. The zero-order chi connectivity index (χ0) is 11.4. The summed E-state index contributed by atoms with van der Waals surface area (Å²) in [6.45, 7) is 3.88. The van der Waals surface area contributed by atoms with Crippen molar-refractivity contribution >= 4 is 23.7 Å². The molecule has 0 saturated carbocycles. The van der Waals surface area contributed by atoms with E-state index < -0.39 is 12.0 Å². The Morgan fingerprint density at radius 3 is 2.73 bits per heavy atom. The van der Waals surface area contributed by atoms with Gasteiger partial charge in [-0.15, -0.1) is 11.3 Å². The van der Waals surface area contributed by atoms with Gasteiger partial charge in [-0.25, -0.2) is 0 Å². The minimum absolute atomic E-state index is 0.0875. The van der Waals surface area contributed by atoms with Crippen molar-refractivity contribution in [2.24, 2.45) is 0 Å². The van der Waals surface area contributed by atoms with E-state index in [1.54, 1.807) is 11.3 Å². The van der Waals surface area contributed by atoms with Crippen LogP contribution in [0.15, 0.2) is 6.07 Å². The Bertz CT molecular complexity index is 373. The normalized spacial score (nSPS) is 12.1. The molecule has 0 spiro atoms. The second kappa shape index (κ2) is 4.93. The topological polar surface area (TPSA) is 66.4 Å². The number of carbonyl (C=O) groups is 2. The lowest BCUT2D eigenvalue weighted by molar-refractivity contribution is -0.137. The Labute approximate surface area is 91.9 Å². The first-order valence-electron chi connectivity index (χ1n) is 4.53. The molecule has 1 aromatic rings. The molecule has 1 atom stereocenters. The van der Waals surface area contributed by atoms with Crippen LogP contribution >= 0.6 is 11.3 Å². The molecule has 1 rings (SSSR count).